The van der Waals surface area contributed by atoms with E-state index in [1.807, 2.05) is 0 Å². The van der Waals surface area contributed by atoms with Crippen molar-refractivity contribution in [2.75, 3.05) is 13.1 Å². The van der Waals surface area contributed by atoms with Gasteiger partial charge in [0.15, 0.2) is 5.78 Å². The maximum atomic E-state index is 13.5. The van der Waals surface area contributed by atoms with Crippen LogP contribution < -0.4 is 0 Å². The van der Waals surface area contributed by atoms with Crippen molar-refractivity contribution in [3.63, 3.8) is 0 Å². The molecule has 5 rings (SSSR count). The monoisotopic (exact) mass is 383 g/mol. The van der Waals surface area contributed by atoms with Gasteiger partial charge in [0.05, 0.1) is 6.10 Å². The number of fused-ring (bicyclic) bond motifs is 5. The average Bonchev–Trinajstić information content (AvgIpc) is 2.94. The van der Waals surface area contributed by atoms with Gasteiger partial charge in [-0.05, 0) is 87.4 Å². The molecule has 5 aliphatic rings. The summed E-state index contributed by atoms with van der Waals surface area (Å²) >= 11 is 0. The third-order valence-electron chi connectivity index (χ3n) is 9.45. The number of rotatable bonds is 1. The summed E-state index contributed by atoms with van der Waals surface area (Å²) in [5.41, 5.74) is 2.75. The number of likely N-dealkylation sites (tertiary alicyclic amines) is 1. The third kappa shape index (κ3) is 2.75. The molecule has 0 aromatic rings. The van der Waals surface area contributed by atoms with Crippen LogP contribution in [-0.4, -0.2) is 35.0 Å². The Kier molecular flexibility index (Phi) is 4.54. The van der Waals surface area contributed by atoms with Gasteiger partial charge in [-0.2, -0.15) is 0 Å². The second kappa shape index (κ2) is 6.72. The first-order valence-electron chi connectivity index (χ1n) is 11.8. The fourth-order valence-corrected chi connectivity index (χ4v) is 7.70. The largest absolute Gasteiger partial charge is 0.393 e. The molecule has 3 heteroatoms. The molecule has 1 N–H and O–H groups in total. The van der Waals surface area contributed by atoms with E-state index in [1.165, 1.54) is 31.3 Å². The highest BCUT2D eigenvalue weighted by molar-refractivity contribution is 6.02. The predicted molar refractivity (Wildman–Crippen MR) is 112 cm³/mol. The van der Waals surface area contributed by atoms with Crippen molar-refractivity contribution < 1.29 is 9.90 Å². The summed E-state index contributed by atoms with van der Waals surface area (Å²) in [5, 5.41) is 10.2. The predicted octanol–water partition coefficient (Wildman–Crippen LogP) is 4.86. The van der Waals surface area contributed by atoms with E-state index in [4.69, 9.17) is 0 Å². The molecule has 0 bridgehead atoms. The number of aliphatic hydroxyl groups is 1. The maximum Gasteiger partial charge on any atom is 0.166 e. The number of ketones is 1. The summed E-state index contributed by atoms with van der Waals surface area (Å²) in [6.45, 7) is 6.98. The highest BCUT2D eigenvalue weighted by Gasteiger charge is 2.59. The lowest BCUT2D eigenvalue weighted by atomic mass is 9.48. The fraction of sp³-hybridized carbons (Fsp3) is 0.800. The van der Waals surface area contributed by atoms with E-state index >= 15 is 0 Å². The van der Waals surface area contributed by atoms with Crippen LogP contribution in [0.5, 0.6) is 0 Å². The molecule has 4 aliphatic carbocycles. The van der Waals surface area contributed by atoms with E-state index in [-0.39, 0.29) is 16.9 Å². The van der Waals surface area contributed by atoms with E-state index < -0.39 is 0 Å². The van der Waals surface area contributed by atoms with Crippen LogP contribution in [0.4, 0.5) is 0 Å². The van der Waals surface area contributed by atoms with E-state index in [1.54, 1.807) is 0 Å². The van der Waals surface area contributed by atoms with Gasteiger partial charge in [-0.3, -0.25) is 4.79 Å². The molecule has 4 fully saturated rings. The molecule has 1 saturated heterocycles. The average molecular weight is 384 g/mol. The summed E-state index contributed by atoms with van der Waals surface area (Å²) in [6.07, 6.45) is 15.7. The summed E-state index contributed by atoms with van der Waals surface area (Å²) in [4.78, 5) is 15.9. The number of piperidine rings is 1. The van der Waals surface area contributed by atoms with Crippen LogP contribution in [0.15, 0.2) is 23.4 Å². The Labute approximate surface area is 170 Å². The first kappa shape index (κ1) is 18.9. The Balaban J connectivity index is 1.43. The van der Waals surface area contributed by atoms with E-state index in [2.05, 4.69) is 31.0 Å². The number of aliphatic hydroxyl groups excluding tert-OH is 1. The zero-order valence-electron chi connectivity index (χ0n) is 17.8. The zero-order valence-corrected chi connectivity index (χ0v) is 17.8. The Morgan fingerprint density at radius 2 is 1.79 bits per heavy atom. The molecule has 3 saturated carbocycles. The number of hydrogen-bond acceptors (Lipinski definition) is 3. The minimum Gasteiger partial charge on any atom is -0.393 e. The van der Waals surface area contributed by atoms with Crippen LogP contribution >= 0.6 is 0 Å². The molecule has 154 valence electrons. The van der Waals surface area contributed by atoms with Gasteiger partial charge in [0.1, 0.15) is 0 Å². The standard InChI is InChI=1S/C25H37NO2/c1-24-10-8-19(27)15-18(24)6-7-20-21(24)9-11-25(2)22(20)14-17(23(25)28)16-26-12-4-3-5-13-26/h6,16,19-22,27H,3-5,7-15H2,1-2H3/b17-16-/t19-,20+,21-,22-,24-,25-/m0/s1. The molecule has 0 aromatic heterocycles. The van der Waals surface area contributed by atoms with Crippen molar-refractivity contribution in [3.8, 4) is 0 Å². The molecule has 1 heterocycles. The van der Waals surface area contributed by atoms with Crippen molar-refractivity contribution in [2.24, 2.45) is 28.6 Å². The molecule has 28 heavy (non-hydrogen) atoms. The molecule has 6 atom stereocenters. The van der Waals surface area contributed by atoms with Crippen LogP contribution in [0.25, 0.3) is 0 Å². The normalized spacial score (nSPS) is 47.4. The molecule has 0 amide bonds. The van der Waals surface area contributed by atoms with E-state index in [0.29, 0.717) is 23.5 Å². The van der Waals surface area contributed by atoms with E-state index in [9.17, 15) is 9.90 Å². The Bertz CT molecular complexity index is 718. The van der Waals surface area contributed by atoms with Crippen molar-refractivity contribution in [1.82, 2.24) is 4.90 Å². The van der Waals surface area contributed by atoms with Gasteiger partial charge in [-0.1, -0.05) is 25.5 Å². The van der Waals surface area contributed by atoms with Crippen molar-refractivity contribution in [1.29, 1.82) is 0 Å². The molecule has 1 aliphatic heterocycles. The number of carbonyl (C=O) groups is 1. The molecular weight excluding hydrogens is 346 g/mol. The van der Waals surface area contributed by atoms with Gasteiger partial charge < -0.3 is 10.0 Å². The summed E-state index contributed by atoms with van der Waals surface area (Å²) in [5.74, 6) is 2.30. The van der Waals surface area contributed by atoms with Crippen molar-refractivity contribution in [2.45, 2.75) is 84.2 Å². The minimum atomic E-state index is -0.142. The van der Waals surface area contributed by atoms with Crippen LogP contribution in [0.1, 0.15) is 78.1 Å². The lowest BCUT2D eigenvalue weighted by molar-refractivity contribution is -0.130. The number of allylic oxidation sites excluding steroid dienone is 2. The second-order valence-corrected chi connectivity index (χ2v) is 10.9. The highest BCUT2D eigenvalue weighted by Crippen LogP contribution is 2.64. The lowest BCUT2D eigenvalue weighted by Gasteiger charge is -2.56. The highest BCUT2D eigenvalue weighted by atomic mass is 16.3. The molecule has 0 radical (unpaired) electrons. The smallest absolute Gasteiger partial charge is 0.166 e. The summed E-state index contributed by atoms with van der Waals surface area (Å²) in [7, 11) is 0. The third-order valence-corrected chi connectivity index (χ3v) is 9.45. The summed E-state index contributed by atoms with van der Waals surface area (Å²) < 4.78 is 0. The van der Waals surface area contributed by atoms with Crippen LogP contribution in [0.3, 0.4) is 0 Å². The zero-order chi connectivity index (χ0) is 19.5. The van der Waals surface area contributed by atoms with Gasteiger partial charge in [-0.25, -0.2) is 0 Å². The number of Topliss-reactive ketones (excluding diaryl/α,β-unsaturated/α-hetero) is 1. The number of nitrogens with zero attached hydrogens (tertiary/aromatic N) is 1. The first-order valence-corrected chi connectivity index (χ1v) is 11.8. The number of hydrogen-bond donors (Lipinski definition) is 1. The second-order valence-electron chi connectivity index (χ2n) is 10.9. The molecule has 3 nitrogen and oxygen atoms in total. The molecule has 0 unspecified atom stereocenters. The van der Waals surface area contributed by atoms with E-state index in [0.717, 1.165) is 57.2 Å². The Morgan fingerprint density at radius 1 is 1.04 bits per heavy atom. The Hall–Kier alpha value is -1.09. The maximum absolute atomic E-state index is 13.5. The molecule has 0 spiro atoms. The lowest BCUT2D eigenvalue weighted by Crippen LogP contribution is -2.50. The van der Waals surface area contributed by atoms with Gasteiger partial charge >= 0.3 is 0 Å². The molecular formula is C25H37NO2. The van der Waals surface area contributed by atoms with Crippen LogP contribution in [0, 0.1) is 28.6 Å². The van der Waals surface area contributed by atoms with Crippen LogP contribution in [0.2, 0.25) is 0 Å². The van der Waals surface area contributed by atoms with Crippen LogP contribution in [-0.2, 0) is 4.79 Å². The minimum absolute atomic E-state index is 0.140. The molecule has 0 aromatic carbocycles. The summed E-state index contributed by atoms with van der Waals surface area (Å²) in [6, 6.07) is 0. The van der Waals surface area contributed by atoms with Crippen molar-refractivity contribution >= 4 is 5.78 Å². The van der Waals surface area contributed by atoms with Gasteiger partial charge in [0.25, 0.3) is 0 Å². The fourth-order valence-electron chi connectivity index (χ4n) is 7.70. The Morgan fingerprint density at radius 3 is 2.57 bits per heavy atom. The topological polar surface area (TPSA) is 40.5 Å². The first-order chi connectivity index (χ1) is 13.4. The number of carbonyl (C=O) groups excluding carboxylic acids is 1. The van der Waals surface area contributed by atoms with Gasteiger partial charge in [-0.15, -0.1) is 0 Å². The van der Waals surface area contributed by atoms with Gasteiger partial charge in [0, 0.05) is 30.3 Å². The quantitative estimate of drug-likeness (QED) is 0.519. The SMILES string of the molecule is C[C@]12CC[C@H](O)CC1=CC[C@@H]1[C@@H]2CC[C@]2(C)C(=O)/C(=C\N3CCCCC3)C[C@@H]12. The van der Waals surface area contributed by atoms with Gasteiger partial charge in [0.2, 0.25) is 0 Å². The van der Waals surface area contributed by atoms with Crippen molar-refractivity contribution in [3.05, 3.63) is 23.4 Å².